The first-order valence-electron chi connectivity index (χ1n) is 17.0. The molecule has 260 valence electrons. The second-order valence-electron chi connectivity index (χ2n) is 11.9. The Bertz CT molecular complexity index is 995. The second-order valence-corrected chi connectivity index (χ2v) is 11.9. The maximum atomic E-state index is 12.3. The van der Waals surface area contributed by atoms with Gasteiger partial charge in [0.25, 0.3) is 6.47 Å². The van der Waals surface area contributed by atoms with Gasteiger partial charge in [-0.2, -0.15) is 0 Å². The molecular weight excluding hydrogens is 590 g/mol. The number of carbonyl (C=O) groups is 5. The van der Waals surface area contributed by atoms with Gasteiger partial charge >= 0.3 is 12.0 Å². The van der Waals surface area contributed by atoms with Crippen molar-refractivity contribution in [3.05, 3.63) is 30.1 Å². The Morgan fingerprint density at radius 2 is 1.57 bits per heavy atom. The Hall–Kier alpha value is -3.54. The summed E-state index contributed by atoms with van der Waals surface area (Å²) in [6.45, 7) is 4.38. The molecule has 12 nitrogen and oxygen atoms in total. The van der Waals surface area contributed by atoms with E-state index in [1.807, 2.05) is 32.2 Å². The summed E-state index contributed by atoms with van der Waals surface area (Å²) in [5.41, 5.74) is 1.02. The molecule has 0 aromatic carbocycles. The van der Waals surface area contributed by atoms with E-state index < -0.39 is 24.3 Å². The highest BCUT2D eigenvalue weighted by Gasteiger charge is 2.18. The average Bonchev–Trinajstić information content (AvgIpc) is 3.02. The van der Waals surface area contributed by atoms with Crippen molar-refractivity contribution in [2.24, 2.45) is 0 Å². The maximum Gasteiger partial charge on any atom is 0.326 e. The number of carbonyl (C=O) groups excluding carboxylic acids is 4. The van der Waals surface area contributed by atoms with Crippen LogP contribution in [-0.4, -0.2) is 77.6 Å². The third kappa shape index (κ3) is 22.0. The van der Waals surface area contributed by atoms with Crippen molar-refractivity contribution in [1.82, 2.24) is 25.8 Å². The first kappa shape index (κ1) is 40.5. The first-order valence-corrected chi connectivity index (χ1v) is 17.0. The number of carboxylic acid groups (broad SMARTS) is 1. The molecule has 1 heterocycles. The highest BCUT2D eigenvalue weighted by molar-refractivity contribution is 5.82. The molecule has 0 spiro atoms. The summed E-state index contributed by atoms with van der Waals surface area (Å²) in [6, 6.07) is 4.55. The molecule has 12 heteroatoms. The third-order valence-electron chi connectivity index (χ3n) is 7.66. The van der Waals surface area contributed by atoms with Crippen LogP contribution in [0.25, 0.3) is 0 Å². The number of Topliss-reactive ketones (excluding diaryl/α,β-unsaturated/α-hetero) is 1. The number of amides is 3. The summed E-state index contributed by atoms with van der Waals surface area (Å²) in [7, 11) is 2.04. The van der Waals surface area contributed by atoms with Gasteiger partial charge in [-0.1, -0.05) is 51.5 Å². The molecule has 1 aromatic heterocycles. The molecule has 0 fully saturated rings. The molecule has 2 atom stereocenters. The van der Waals surface area contributed by atoms with Crippen LogP contribution in [0.15, 0.2) is 24.4 Å². The number of ketones is 1. The molecule has 3 amide bonds. The summed E-state index contributed by atoms with van der Waals surface area (Å²) < 4.78 is 5.08. The van der Waals surface area contributed by atoms with Crippen LogP contribution < -0.4 is 16.0 Å². The average molecular weight is 648 g/mol. The zero-order valence-corrected chi connectivity index (χ0v) is 28.0. The number of aliphatic carboxylic acids is 1. The van der Waals surface area contributed by atoms with Crippen LogP contribution in [0.3, 0.4) is 0 Å². The normalized spacial score (nSPS) is 12.2. The SMILES string of the molecule is CCCC(NC(=O)NCCCCCCCC(=O)CCCCCCC(=O)NC(CCCCN(C)Cc1ccccn1)OC=O)C(=O)O. The van der Waals surface area contributed by atoms with Gasteiger partial charge in [0.05, 0.1) is 5.69 Å². The Morgan fingerprint density at radius 1 is 0.891 bits per heavy atom. The molecule has 4 N–H and O–H groups in total. The molecule has 0 aliphatic heterocycles. The van der Waals surface area contributed by atoms with Crippen LogP contribution in [-0.2, 0) is 30.5 Å². The predicted octanol–water partition coefficient (Wildman–Crippen LogP) is 5.10. The van der Waals surface area contributed by atoms with Gasteiger partial charge in [0.2, 0.25) is 5.91 Å². The van der Waals surface area contributed by atoms with Crippen LogP contribution in [0.1, 0.15) is 122 Å². The van der Waals surface area contributed by atoms with Crippen LogP contribution in [0, 0.1) is 0 Å². The largest absolute Gasteiger partial charge is 0.480 e. The van der Waals surface area contributed by atoms with E-state index >= 15 is 0 Å². The quantitative estimate of drug-likeness (QED) is 0.0525. The molecule has 0 radical (unpaired) electrons. The smallest absolute Gasteiger partial charge is 0.326 e. The highest BCUT2D eigenvalue weighted by Crippen LogP contribution is 2.11. The molecule has 0 aliphatic rings. The zero-order chi connectivity index (χ0) is 33.8. The lowest BCUT2D eigenvalue weighted by Gasteiger charge is -2.19. The summed E-state index contributed by atoms with van der Waals surface area (Å²) in [4.78, 5) is 64.9. The van der Waals surface area contributed by atoms with E-state index in [4.69, 9.17) is 9.84 Å². The zero-order valence-electron chi connectivity index (χ0n) is 28.0. The second kappa shape index (κ2) is 26.7. The van der Waals surface area contributed by atoms with Gasteiger partial charge < -0.3 is 30.7 Å². The van der Waals surface area contributed by atoms with Gasteiger partial charge in [0.15, 0.2) is 6.23 Å². The monoisotopic (exact) mass is 647 g/mol. The van der Waals surface area contributed by atoms with Crippen molar-refractivity contribution in [3.63, 3.8) is 0 Å². The lowest BCUT2D eigenvalue weighted by Crippen LogP contribution is -2.46. The summed E-state index contributed by atoms with van der Waals surface area (Å²) in [5, 5.41) is 17.1. The number of hydrogen-bond acceptors (Lipinski definition) is 8. The number of ether oxygens (including phenoxy) is 1. The van der Waals surface area contributed by atoms with Crippen LogP contribution in [0.5, 0.6) is 0 Å². The predicted molar refractivity (Wildman–Crippen MR) is 177 cm³/mol. The van der Waals surface area contributed by atoms with Gasteiger partial charge in [-0.3, -0.25) is 19.4 Å². The number of nitrogens with zero attached hydrogens (tertiary/aromatic N) is 2. The summed E-state index contributed by atoms with van der Waals surface area (Å²) in [6.07, 6.45) is 13.9. The minimum atomic E-state index is -1.03. The molecule has 0 bridgehead atoms. The Balaban J connectivity index is 2.00. The Labute approximate surface area is 274 Å². The van der Waals surface area contributed by atoms with Gasteiger partial charge in [-0.15, -0.1) is 0 Å². The number of rotatable bonds is 29. The lowest BCUT2D eigenvalue weighted by atomic mass is 10.0. The standard InChI is InChI=1S/C34H57N5O7/c1-3-17-30(33(43)44)37-34(45)36-24-14-8-4-5-9-19-29(41)20-10-6-7-11-21-31(42)38-32(46-27-40)22-13-16-25-39(2)26-28-18-12-15-23-35-28/h12,15,18,23,27,30,32H,3-11,13-14,16-17,19-22,24-26H2,1-2H3,(H,38,42)(H,43,44)(H2,36,37,45). The van der Waals surface area contributed by atoms with Crippen LogP contribution >= 0.6 is 0 Å². The Morgan fingerprint density at radius 3 is 2.20 bits per heavy atom. The van der Waals surface area contributed by atoms with Gasteiger partial charge in [0.1, 0.15) is 11.8 Å². The van der Waals surface area contributed by atoms with E-state index in [1.165, 1.54) is 0 Å². The molecule has 0 saturated carbocycles. The molecule has 1 rings (SSSR count). The van der Waals surface area contributed by atoms with Gasteiger partial charge in [-0.25, -0.2) is 9.59 Å². The van der Waals surface area contributed by atoms with E-state index in [2.05, 4.69) is 25.8 Å². The van der Waals surface area contributed by atoms with Gasteiger partial charge in [-0.05, 0) is 70.7 Å². The fourth-order valence-corrected chi connectivity index (χ4v) is 5.07. The van der Waals surface area contributed by atoms with Crippen LogP contribution in [0.2, 0.25) is 0 Å². The number of nitrogens with one attached hydrogen (secondary N) is 3. The minimum Gasteiger partial charge on any atom is -0.480 e. The lowest BCUT2D eigenvalue weighted by molar-refractivity contribution is -0.140. The first-order chi connectivity index (χ1) is 22.2. The van der Waals surface area contributed by atoms with Crippen molar-refractivity contribution >= 4 is 30.2 Å². The number of aromatic nitrogens is 1. The highest BCUT2D eigenvalue weighted by atomic mass is 16.5. The topological polar surface area (TPSA) is 167 Å². The molecule has 2 unspecified atom stereocenters. The van der Waals surface area contributed by atoms with Crippen molar-refractivity contribution in [2.45, 2.75) is 135 Å². The fourth-order valence-electron chi connectivity index (χ4n) is 5.07. The number of unbranched alkanes of at least 4 members (excludes halogenated alkanes) is 8. The van der Waals surface area contributed by atoms with E-state index in [0.29, 0.717) is 51.5 Å². The van der Waals surface area contributed by atoms with Crippen molar-refractivity contribution < 1.29 is 33.8 Å². The summed E-state index contributed by atoms with van der Waals surface area (Å²) >= 11 is 0. The molecule has 0 aliphatic carbocycles. The number of urea groups is 1. The minimum absolute atomic E-state index is 0.131. The van der Waals surface area contributed by atoms with Crippen LogP contribution in [0.4, 0.5) is 4.79 Å². The number of hydrogen-bond donors (Lipinski definition) is 4. The van der Waals surface area contributed by atoms with E-state index in [9.17, 15) is 24.0 Å². The van der Waals surface area contributed by atoms with E-state index in [-0.39, 0.29) is 11.7 Å². The fraction of sp³-hybridized carbons (Fsp3) is 0.706. The molecule has 46 heavy (non-hydrogen) atoms. The molecule has 0 saturated heterocycles. The molecular formula is C34H57N5O7. The number of pyridine rings is 1. The van der Waals surface area contributed by atoms with E-state index in [1.54, 1.807) is 6.20 Å². The third-order valence-corrected chi connectivity index (χ3v) is 7.66. The maximum absolute atomic E-state index is 12.3. The van der Waals surface area contributed by atoms with Crippen molar-refractivity contribution in [1.29, 1.82) is 0 Å². The van der Waals surface area contributed by atoms with Crippen molar-refractivity contribution in [3.8, 4) is 0 Å². The Kier molecular flexibility index (Phi) is 23.5. The van der Waals surface area contributed by atoms with E-state index in [0.717, 1.165) is 89.4 Å². The molecule has 1 aromatic rings. The van der Waals surface area contributed by atoms with Gasteiger partial charge in [0, 0.05) is 45.0 Å². The van der Waals surface area contributed by atoms with Crippen molar-refractivity contribution in [2.75, 3.05) is 20.1 Å². The number of carboxylic acids is 1. The summed E-state index contributed by atoms with van der Waals surface area (Å²) in [5.74, 6) is -0.885.